The molecular weight excluding hydrogens is 440 g/mol. The standard InChI is InChI=1S/C27H26N6O2/c1-17-15-29-26(33-25(17)30-22-12-13-24-23(14-22)32-27(34)35-24)31-21-10-8-20(9-11-21)18(2)28-16-19-6-4-3-5-7-19/h3-15,18,28H,16H2,1-2H3,(H,32,34)(H2,29,30,31,33). The molecule has 0 saturated carbocycles. The van der Waals surface area contributed by atoms with E-state index in [0.29, 0.717) is 22.9 Å². The lowest BCUT2D eigenvalue weighted by atomic mass is 10.1. The highest BCUT2D eigenvalue weighted by atomic mass is 16.4. The van der Waals surface area contributed by atoms with Crippen molar-refractivity contribution < 1.29 is 4.42 Å². The van der Waals surface area contributed by atoms with Gasteiger partial charge in [0.25, 0.3) is 0 Å². The van der Waals surface area contributed by atoms with Crippen LogP contribution in [0.15, 0.2) is 88.2 Å². The van der Waals surface area contributed by atoms with E-state index in [-0.39, 0.29) is 6.04 Å². The fourth-order valence-electron chi connectivity index (χ4n) is 3.76. The summed E-state index contributed by atoms with van der Waals surface area (Å²) in [5.74, 6) is 0.677. The fraction of sp³-hybridized carbons (Fsp3) is 0.148. The largest absolute Gasteiger partial charge is 0.417 e. The lowest BCUT2D eigenvalue weighted by Gasteiger charge is -2.15. The number of benzene rings is 3. The van der Waals surface area contributed by atoms with Crippen molar-refractivity contribution in [3.8, 4) is 0 Å². The zero-order chi connectivity index (χ0) is 24.2. The lowest BCUT2D eigenvalue weighted by Crippen LogP contribution is -2.17. The second-order valence-electron chi connectivity index (χ2n) is 8.41. The van der Waals surface area contributed by atoms with Crippen LogP contribution in [0, 0.1) is 6.92 Å². The van der Waals surface area contributed by atoms with Crippen LogP contribution in [-0.4, -0.2) is 15.0 Å². The molecule has 0 spiro atoms. The molecule has 0 fully saturated rings. The van der Waals surface area contributed by atoms with Gasteiger partial charge in [0.1, 0.15) is 5.82 Å². The van der Waals surface area contributed by atoms with Gasteiger partial charge in [-0.3, -0.25) is 4.98 Å². The second-order valence-corrected chi connectivity index (χ2v) is 8.41. The molecule has 5 rings (SSSR count). The van der Waals surface area contributed by atoms with E-state index < -0.39 is 5.76 Å². The van der Waals surface area contributed by atoms with Crippen LogP contribution >= 0.6 is 0 Å². The summed E-state index contributed by atoms with van der Waals surface area (Å²) in [6, 6.07) is 24.2. The first-order chi connectivity index (χ1) is 17.0. The molecule has 2 heterocycles. The smallest absolute Gasteiger partial charge is 0.408 e. The number of hydrogen-bond donors (Lipinski definition) is 4. The van der Waals surface area contributed by atoms with Crippen molar-refractivity contribution in [2.45, 2.75) is 26.4 Å². The van der Waals surface area contributed by atoms with Crippen LogP contribution in [0.1, 0.15) is 29.7 Å². The van der Waals surface area contributed by atoms with E-state index in [9.17, 15) is 4.79 Å². The SMILES string of the molecule is Cc1cnc(Nc2ccc(C(C)NCc3ccccc3)cc2)nc1Nc1ccc2oc(=O)[nH]c2c1. The monoisotopic (exact) mass is 466 g/mol. The molecule has 3 aromatic carbocycles. The number of anilines is 4. The van der Waals surface area contributed by atoms with Crippen LogP contribution in [0.5, 0.6) is 0 Å². The summed E-state index contributed by atoms with van der Waals surface area (Å²) in [4.78, 5) is 23.1. The van der Waals surface area contributed by atoms with Crippen molar-refractivity contribution >= 4 is 34.2 Å². The van der Waals surface area contributed by atoms with Crippen molar-refractivity contribution in [2.75, 3.05) is 10.6 Å². The highest BCUT2D eigenvalue weighted by Crippen LogP contribution is 2.24. The molecule has 0 radical (unpaired) electrons. The first kappa shape index (κ1) is 22.4. The topological polar surface area (TPSA) is 108 Å². The maximum atomic E-state index is 11.4. The number of rotatable bonds is 8. The predicted octanol–water partition coefficient (Wildman–Crippen LogP) is 5.56. The Bertz CT molecular complexity index is 1490. The van der Waals surface area contributed by atoms with Gasteiger partial charge in [0, 0.05) is 35.7 Å². The third-order valence-corrected chi connectivity index (χ3v) is 5.78. The first-order valence-corrected chi connectivity index (χ1v) is 11.4. The Morgan fingerprint density at radius 1 is 0.971 bits per heavy atom. The lowest BCUT2D eigenvalue weighted by molar-refractivity contribution is 0.555. The van der Waals surface area contributed by atoms with Crippen LogP contribution in [0.25, 0.3) is 11.1 Å². The molecule has 0 amide bonds. The Morgan fingerprint density at radius 2 is 1.74 bits per heavy atom. The summed E-state index contributed by atoms with van der Waals surface area (Å²) >= 11 is 0. The molecule has 8 heteroatoms. The Labute approximate surface area is 202 Å². The fourth-order valence-corrected chi connectivity index (χ4v) is 3.76. The second kappa shape index (κ2) is 9.82. The molecule has 8 nitrogen and oxygen atoms in total. The van der Waals surface area contributed by atoms with Crippen LogP contribution < -0.4 is 21.7 Å². The number of hydrogen-bond acceptors (Lipinski definition) is 7. The van der Waals surface area contributed by atoms with E-state index in [2.05, 4.69) is 74.2 Å². The van der Waals surface area contributed by atoms with E-state index in [1.54, 1.807) is 18.3 Å². The third kappa shape index (κ3) is 5.39. The van der Waals surface area contributed by atoms with Gasteiger partial charge < -0.3 is 20.4 Å². The molecule has 176 valence electrons. The Morgan fingerprint density at radius 3 is 2.54 bits per heavy atom. The highest BCUT2D eigenvalue weighted by Gasteiger charge is 2.09. The number of aromatic amines is 1. The van der Waals surface area contributed by atoms with Crippen molar-refractivity contribution in [1.29, 1.82) is 0 Å². The summed E-state index contributed by atoms with van der Waals surface area (Å²) in [6.07, 6.45) is 1.76. The Kier molecular flexibility index (Phi) is 6.28. The van der Waals surface area contributed by atoms with Gasteiger partial charge in [-0.25, -0.2) is 9.78 Å². The first-order valence-electron chi connectivity index (χ1n) is 11.4. The summed E-state index contributed by atoms with van der Waals surface area (Å²) < 4.78 is 5.06. The van der Waals surface area contributed by atoms with Gasteiger partial charge in [-0.2, -0.15) is 4.98 Å². The number of nitrogens with zero attached hydrogens (tertiary/aromatic N) is 2. The van der Waals surface area contributed by atoms with Crippen molar-refractivity contribution in [1.82, 2.24) is 20.3 Å². The number of H-pyrrole nitrogens is 1. The quantitative estimate of drug-likeness (QED) is 0.237. The van der Waals surface area contributed by atoms with Gasteiger partial charge in [-0.15, -0.1) is 0 Å². The Balaban J connectivity index is 1.25. The normalized spacial score (nSPS) is 11.9. The van der Waals surface area contributed by atoms with Gasteiger partial charge in [0.05, 0.1) is 5.52 Å². The van der Waals surface area contributed by atoms with Crippen molar-refractivity contribution in [3.63, 3.8) is 0 Å². The zero-order valence-corrected chi connectivity index (χ0v) is 19.5. The molecule has 4 N–H and O–H groups in total. The number of aromatic nitrogens is 3. The highest BCUT2D eigenvalue weighted by molar-refractivity contribution is 5.78. The van der Waals surface area contributed by atoms with Gasteiger partial charge >= 0.3 is 5.76 Å². The third-order valence-electron chi connectivity index (χ3n) is 5.78. The van der Waals surface area contributed by atoms with Gasteiger partial charge in [-0.05, 0) is 55.3 Å². The molecule has 0 saturated heterocycles. The van der Waals surface area contributed by atoms with Crippen molar-refractivity contribution in [3.05, 3.63) is 106 Å². The average molecular weight is 467 g/mol. The maximum Gasteiger partial charge on any atom is 0.417 e. The van der Waals surface area contributed by atoms with E-state index in [4.69, 9.17) is 4.42 Å². The van der Waals surface area contributed by atoms with Crippen LogP contribution in [0.4, 0.5) is 23.1 Å². The molecule has 1 unspecified atom stereocenters. The number of fused-ring (bicyclic) bond motifs is 1. The molecule has 1 atom stereocenters. The minimum atomic E-state index is -0.478. The van der Waals surface area contributed by atoms with E-state index in [0.717, 1.165) is 23.5 Å². The van der Waals surface area contributed by atoms with E-state index in [1.807, 2.05) is 31.2 Å². The summed E-state index contributed by atoms with van der Waals surface area (Å²) in [6.45, 7) is 4.91. The van der Waals surface area contributed by atoms with Crippen LogP contribution in [0.2, 0.25) is 0 Å². The zero-order valence-electron chi connectivity index (χ0n) is 19.5. The number of oxazole rings is 1. The molecule has 0 aliphatic heterocycles. The summed E-state index contributed by atoms with van der Waals surface area (Å²) in [7, 11) is 0. The molecule has 5 aromatic rings. The van der Waals surface area contributed by atoms with Crippen molar-refractivity contribution in [2.24, 2.45) is 0 Å². The predicted molar refractivity (Wildman–Crippen MR) is 138 cm³/mol. The van der Waals surface area contributed by atoms with Gasteiger partial charge in [0.15, 0.2) is 5.58 Å². The Hall–Kier alpha value is -4.43. The van der Waals surface area contributed by atoms with Crippen LogP contribution in [-0.2, 0) is 6.54 Å². The van der Waals surface area contributed by atoms with Crippen LogP contribution in [0.3, 0.4) is 0 Å². The molecule has 2 aromatic heterocycles. The summed E-state index contributed by atoms with van der Waals surface area (Å²) in [5.41, 5.74) is 6.17. The van der Waals surface area contributed by atoms with Gasteiger partial charge in [0.2, 0.25) is 5.95 Å². The number of nitrogens with one attached hydrogen (secondary N) is 4. The molecule has 0 aliphatic rings. The number of aryl methyl sites for hydroxylation is 1. The minimum Gasteiger partial charge on any atom is -0.408 e. The van der Waals surface area contributed by atoms with Gasteiger partial charge in [-0.1, -0.05) is 42.5 Å². The molecule has 0 aliphatic carbocycles. The minimum absolute atomic E-state index is 0.221. The summed E-state index contributed by atoms with van der Waals surface area (Å²) in [5, 5.41) is 10.1. The molecule has 35 heavy (non-hydrogen) atoms. The maximum absolute atomic E-state index is 11.4. The molecular formula is C27H26N6O2. The molecule has 0 bridgehead atoms. The van der Waals surface area contributed by atoms with E-state index >= 15 is 0 Å². The van der Waals surface area contributed by atoms with E-state index in [1.165, 1.54) is 11.1 Å². The average Bonchev–Trinajstić information content (AvgIpc) is 3.25.